The lowest BCUT2D eigenvalue weighted by Gasteiger charge is -2.11. The van der Waals surface area contributed by atoms with Gasteiger partial charge in [0.05, 0.1) is 4.90 Å². The zero-order valence-corrected chi connectivity index (χ0v) is 20.2. The summed E-state index contributed by atoms with van der Waals surface area (Å²) in [5, 5.41) is 9.30. The van der Waals surface area contributed by atoms with Crippen LogP contribution in [0.5, 0.6) is 0 Å². The van der Waals surface area contributed by atoms with Crippen molar-refractivity contribution in [1.82, 2.24) is 9.71 Å². The second-order valence-corrected chi connectivity index (χ2v) is 10.0. The normalized spacial score (nSPS) is 12.0. The molecule has 0 unspecified atom stereocenters. The summed E-state index contributed by atoms with van der Waals surface area (Å²) >= 11 is 5.83. The summed E-state index contributed by atoms with van der Waals surface area (Å²) in [6.45, 7) is 0.277. The Labute approximate surface area is 205 Å². The standard InChI is InChI=1S/C26H27ClN2O4S/c27-23-12-14-24(15-13-23)34(32,33)29-18-16-20-8-10-21(11-9-20)25(22-5-4-17-28-19-22)6-2-1-3-7-26(30)31/h4-6,8-15,17,19,29H,1-3,7,16,18H2,(H,30,31). The molecule has 34 heavy (non-hydrogen) atoms. The van der Waals surface area contributed by atoms with Crippen LogP contribution < -0.4 is 4.72 Å². The van der Waals surface area contributed by atoms with Crippen molar-refractivity contribution in [2.24, 2.45) is 0 Å². The highest BCUT2D eigenvalue weighted by Gasteiger charge is 2.13. The van der Waals surface area contributed by atoms with E-state index in [1.54, 1.807) is 18.3 Å². The molecule has 1 aromatic heterocycles. The van der Waals surface area contributed by atoms with Crippen LogP contribution in [0.25, 0.3) is 5.57 Å². The van der Waals surface area contributed by atoms with Crippen molar-refractivity contribution in [2.45, 2.75) is 37.0 Å². The Balaban J connectivity index is 1.64. The predicted molar refractivity (Wildman–Crippen MR) is 134 cm³/mol. The molecule has 2 aromatic carbocycles. The number of carboxylic acids is 1. The summed E-state index contributed by atoms with van der Waals surface area (Å²) in [4.78, 5) is 15.1. The monoisotopic (exact) mass is 498 g/mol. The first-order chi connectivity index (χ1) is 16.3. The maximum Gasteiger partial charge on any atom is 0.303 e. The number of halogens is 1. The number of sulfonamides is 1. The molecule has 0 spiro atoms. The van der Waals surface area contributed by atoms with Crippen LogP contribution in [0.1, 0.15) is 42.4 Å². The van der Waals surface area contributed by atoms with Gasteiger partial charge in [-0.25, -0.2) is 13.1 Å². The summed E-state index contributed by atoms with van der Waals surface area (Å²) in [6, 6.07) is 17.9. The van der Waals surface area contributed by atoms with Gasteiger partial charge >= 0.3 is 5.97 Å². The minimum Gasteiger partial charge on any atom is -0.481 e. The molecule has 1 heterocycles. The molecule has 6 nitrogen and oxygen atoms in total. The fourth-order valence-corrected chi connectivity index (χ4v) is 4.63. The van der Waals surface area contributed by atoms with Gasteiger partial charge in [-0.1, -0.05) is 48.0 Å². The van der Waals surface area contributed by atoms with Crippen molar-refractivity contribution in [3.05, 3.63) is 101 Å². The summed E-state index contributed by atoms with van der Waals surface area (Å²) in [6.07, 6.45) is 8.57. The van der Waals surface area contributed by atoms with Crippen LogP contribution in [-0.2, 0) is 21.2 Å². The number of unbranched alkanes of at least 4 members (excludes halogenated alkanes) is 2. The number of allylic oxidation sites excluding steroid dienone is 1. The quantitative estimate of drug-likeness (QED) is 0.329. The van der Waals surface area contributed by atoms with Crippen molar-refractivity contribution in [3.63, 3.8) is 0 Å². The summed E-state index contributed by atoms with van der Waals surface area (Å²) in [7, 11) is -3.59. The maximum absolute atomic E-state index is 12.4. The average Bonchev–Trinajstić information content (AvgIpc) is 2.82. The minimum absolute atomic E-state index is 0.173. The number of hydrogen-bond donors (Lipinski definition) is 2. The van der Waals surface area contributed by atoms with E-state index in [1.165, 1.54) is 12.1 Å². The Morgan fingerprint density at radius 1 is 1.00 bits per heavy atom. The van der Waals surface area contributed by atoms with Gasteiger partial charge in [0, 0.05) is 35.9 Å². The van der Waals surface area contributed by atoms with Crippen molar-refractivity contribution < 1.29 is 18.3 Å². The van der Waals surface area contributed by atoms with Gasteiger partial charge in [-0.05, 0) is 72.7 Å². The maximum atomic E-state index is 12.4. The third kappa shape index (κ3) is 7.80. The molecule has 0 bridgehead atoms. The van der Waals surface area contributed by atoms with Crippen LogP contribution in [0, 0.1) is 0 Å². The molecule has 0 atom stereocenters. The van der Waals surface area contributed by atoms with Crippen LogP contribution in [0.15, 0.2) is 84.0 Å². The van der Waals surface area contributed by atoms with Crippen molar-refractivity contribution >= 4 is 33.2 Å². The Bertz CT molecular complexity index is 1210. The van der Waals surface area contributed by atoms with E-state index >= 15 is 0 Å². The molecular formula is C26H27ClN2O4S. The average molecular weight is 499 g/mol. The number of nitrogens with one attached hydrogen (secondary N) is 1. The zero-order valence-electron chi connectivity index (χ0n) is 18.7. The molecule has 178 valence electrons. The molecule has 0 fully saturated rings. The smallest absolute Gasteiger partial charge is 0.303 e. The van der Waals surface area contributed by atoms with E-state index in [2.05, 4.69) is 15.8 Å². The third-order valence-electron chi connectivity index (χ3n) is 5.26. The largest absolute Gasteiger partial charge is 0.481 e. The molecule has 0 aliphatic carbocycles. The number of nitrogens with zero attached hydrogens (tertiary/aromatic N) is 1. The van der Waals surface area contributed by atoms with E-state index in [1.807, 2.05) is 42.6 Å². The van der Waals surface area contributed by atoms with E-state index in [0.717, 1.165) is 35.1 Å². The first kappa shape index (κ1) is 25.6. The fourth-order valence-electron chi connectivity index (χ4n) is 3.47. The van der Waals surface area contributed by atoms with Gasteiger partial charge in [-0.2, -0.15) is 0 Å². The molecule has 0 amide bonds. The molecule has 2 N–H and O–H groups in total. The van der Waals surface area contributed by atoms with Crippen molar-refractivity contribution in [2.75, 3.05) is 6.54 Å². The Morgan fingerprint density at radius 3 is 2.38 bits per heavy atom. The molecule has 0 saturated heterocycles. The van der Waals surface area contributed by atoms with Gasteiger partial charge in [-0.15, -0.1) is 0 Å². The second-order valence-electron chi connectivity index (χ2n) is 7.80. The first-order valence-electron chi connectivity index (χ1n) is 11.0. The number of carboxylic acid groups (broad SMARTS) is 1. The molecule has 3 aromatic rings. The second kappa shape index (κ2) is 12.5. The van der Waals surface area contributed by atoms with Gasteiger partial charge in [0.25, 0.3) is 0 Å². The number of pyridine rings is 1. The van der Waals surface area contributed by atoms with E-state index in [9.17, 15) is 13.2 Å². The molecule has 0 radical (unpaired) electrons. The van der Waals surface area contributed by atoms with Gasteiger partial charge < -0.3 is 5.11 Å². The topological polar surface area (TPSA) is 96.4 Å². The number of aliphatic carboxylic acids is 1. The van der Waals surface area contributed by atoms with E-state index in [0.29, 0.717) is 17.9 Å². The lowest BCUT2D eigenvalue weighted by Crippen LogP contribution is -2.25. The highest BCUT2D eigenvalue weighted by Crippen LogP contribution is 2.24. The Kier molecular flexibility index (Phi) is 9.39. The lowest BCUT2D eigenvalue weighted by atomic mass is 9.96. The minimum atomic E-state index is -3.59. The fraction of sp³-hybridized carbons (Fsp3) is 0.231. The van der Waals surface area contributed by atoms with Crippen molar-refractivity contribution in [3.8, 4) is 0 Å². The van der Waals surface area contributed by atoms with Gasteiger partial charge in [0.15, 0.2) is 0 Å². The number of rotatable bonds is 12. The Hall–Kier alpha value is -3.00. The van der Waals surface area contributed by atoms with E-state index in [4.69, 9.17) is 16.7 Å². The van der Waals surface area contributed by atoms with E-state index < -0.39 is 16.0 Å². The van der Waals surface area contributed by atoms with Crippen molar-refractivity contribution in [1.29, 1.82) is 0 Å². The van der Waals surface area contributed by atoms with Crippen LogP contribution in [0.3, 0.4) is 0 Å². The molecular weight excluding hydrogens is 472 g/mol. The van der Waals surface area contributed by atoms with Crippen LogP contribution in [-0.4, -0.2) is 31.0 Å². The summed E-state index contributed by atoms with van der Waals surface area (Å²) in [5.74, 6) is -0.775. The van der Waals surface area contributed by atoms with Crippen LogP contribution >= 0.6 is 11.6 Å². The zero-order chi connectivity index (χ0) is 24.4. The summed E-state index contributed by atoms with van der Waals surface area (Å²) in [5.41, 5.74) is 4.06. The van der Waals surface area contributed by atoms with Gasteiger partial charge in [0.2, 0.25) is 10.0 Å². The highest BCUT2D eigenvalue weighted by atomic mass is 35.5. The Morgan fingerprint density at radius 2 is 1.74 bits per heavy atom. The number of carbonyl (C=O) groups is 1. The molecule has 8 heteroatoms. The molecule has 0 aliphatic rings. The number of hydrogen-bond acceptors (Lipinski definition) is 4. The molecule has 0 saturated carbocycles. The van der Waals surface area contributed by atoms with E-state index in [-0.39, 0.29) is 17.9 Å². The van der Waals surface area contributed by atoms with Crippen LogP contribution in [0.4, 0.5) is 0 Å². The van der Waals surface area contributed by atoms with Gasteiger partial charge in [0.1, 0.15) is 0 Å². The van der Waals surface area contributed by atoms with Crippen LogP contribution in [0.2, 0.25) is 5.02 Å². The third-order valence-corrected chi connectivity index (χ3v) is 6.99. The number of aromatic nitrogens is 1. The van der Waals surface area contributed by atoms with Gasteiger partial charge in [-0.3, -0.25) is 9.78 Å². The molecule has 0 aliphatic heterocycles. The SMILES string of the molecule is O=C(O)CCCCC=C(c1ccc(CCNS(=O)(=O)c2ccc(Cl)cc2)cc1)c1cccnc1. The number of benzene rings is 2. The lowest BCUT2D eigenvalue weighted by molar-refractivity contribution is -0.137. The highest BCUT2D eigenvalue weighted by molar-refractivity contribution is 7.89. The predicted octanol–water partition coefficient (Wildman–Crippen LogP) is 5.33. The molecule has 3 rings (SSSR count). The summed E-state index contributed by atoms with van der Waals surface area (Å²) < 4.78 is 27.5. The first-order valence-corrected chi connectivity index (χ1v) is 12.9.